The number of aryl methyl sites for hydroxylation is 1. The Hall–Kier alpha value is -1.36. The van der Waals surface area contributed by atoms with Gasteiger partial charge >= 0.3 is 0 Å². The van der Waals surface area contributed by atoms with Crippen molar-refractivity contribution in [2.75, 3.05) is 13.1 Å². The second-order valence-electron chi connectivity index (χ2n) is 5.41. The molecular weight excluding hydrogens is 228 g/mol. The van der Waals surface area contributed by atoms with Gasteiger partial charge in [-0.05, 0) is 32.2 Å². The van der Waals surface area contributed by atoms with Crippen LogP contribution in [0.4, 0.5) is 0 Å². The van der Waals surface area contributed by atoms with E-state index in [0.29, 0.717) is 17.8 Å². The number of nitrogens with one attached hydrogen (secondary N) is 1. The van der Waals surface area contributed by atoms with Crippen LogP contribution in [0.15, 0.2) is 12.5 Å². The Morgan fingerprint density at radius 3 is 2.94 bits per heavy atom. The lowest BCUT2D eigenvalue weighted by molar-refractivity contribution is 0.0723. The molecule has 1 aliphatic carbocycles. The van der Waals surface area contributed by atoms with Crippen LogP contribution in [0, 0.1) is 0 Å². The molecule has 0 aromatic carbocycles. The Labute approximate surface area is 107 Å². The zero-order chi connectivity index (χ0) is 12.5. The molecule has 0 bridgehead atoms. The van der Waals surface area contributed by atoms with Crippen LogP contribution in [0.3, 0.4) is 0 Å². The van der Waals surface area contributed by atoms with E-state index in [4.69, 9.17) is 0 Å². The number of carbonyl (C=O) groups excluding carboxylic acids is 1. The van der Waals surface area contributed by atoms with Crippen LogP contribution < -0.4 is 5.32 Å². The van der Waals surface area contributed by atoms with E-state index in [-0.39, 0.29) is 5.91 Å². The normalized spacial score (nSPS) is 23.3. The minimum atomic E-state index is 0.0896. The third kappa shape index (κ3) is 2.41. The van der Waals surface area contributed by atoms with E-state index in [1.165, 1.54) is 12.8 Å². The number of nitrogens with zero attached hydrogens (tertiary/aromatic N) is 3. The quantitative estimate of drug-likeness (QED) is 0.856. The van der Waals surface area contributed by atoms with Crippen molar-refractivity contribution in [1.82, 2.24) is 19.8 Å². The number of hydrogen-bond donors (Lipinski definition) is 1. The predicted octanol–water partition coefficient (Wildman–Crippen LogP) is 0.777. The fraction of sp³-hybridized carbons (Fsp3) is 0.692. The van der Waals surface area contributed by atoms with Gasteiger partial charge in [0, 0.05) is 31.9 Å². The van der Waals surface area contributed by atoms with Crippen molar-refractivity contribution >= 4 is 5.91 Å². The molecule has 1 unspecified atom stereocenters. The van der Waals surface area contributed by atoms with Gasteiger partial charge in [-0.1, -0.05) is 0 Å². The first kappa shape index (κ1) is 11.7. The maximum absolute atomic E-state index is 12.4. The molecule has 2 aliphatic rings. The van der Waals surface area contributed by atoms with E-state index in [1.54, 1.807) is 12.5 Å². The summed E-state index contributed by atoms with van der Waals surface area (Å²) < 4.78 is 1.83. The molecule has 18 heavy (non-hydrogen) atoms. The molecule has 5 nitrogen and oxygen atoms in total. The fourth-order valence-electron chi connectivity index (χ4n) is 2.60. The summed E-state index contributed by atoms with van der Waals surface area (Å²) in [5.74, 6) is 0.0896. The number of imidazole rings is 1. The van der Waals surface area contributed by atoms with Gasteiger partial charge in [-0.15, -0.1) is 0 Å². The molecule has 1 saturated heterocycles. The third-order valence-corrected chi connectivity index (χ3v) is 3.75. The first-order chi connectivity index (χ1) is 8.74. The topological polar surface area (TPSA) is 50.2 Å². The van der Waals surface area contributed by atoms with Crippen molar-refractivity contribution in [3.8, 4) is 0 Å². The summed E-state index contributed by atoms with van der Waals surface area (Å²) in [7, 11) is 1.89. The van der Waals surface area contributed by atoms with Gasteiger partial charge in [-0.3, -0.25) is 4.79 Å². The number of hydrogen-bond acceptors (Lipinski definition) is 3. The molecule has 1 aromatic heterocycles. The highest BCUT2D eigenvalue weighted by Crippen LogP contribution is 2.28. The second kappa shape index (κ2) is 4.72. The average Bonchev–Trinajstić information content (AvgIpc) is 2.88. The summed E-state index contributed by atoms with van der Waals surface area (Å²) in [5.41, 5.74) is 0.572. The molecule has 1 atom stereocenters. The SMILES string of the molecule is Cn1cnc(C(=O)N(CC2CCCN2)C2CC2)c1. The first-order valence-corrected chi connectivity index (χ1v) is 6.76. The van der Waals surface area contributed by atoms with Crippen molar-refractivity contribution in [2.24, 2.45) is 7.05 Å². The molecule has 0 spiro atoms. The summed E-state index contributed by atoms with van der Waals surface area (Å²) in [6.45, 7) is 1.92. The maximum atomic E-state index is 12.4. The van der Waals surface area contributed by atoms with E-state index in [0.717, 1.165) is 25.9 Å². The maximum Gasteiger partial charge on any atom is 0.274 e. The number of amides is 1. The monoisotopic (exact) mass is 248 g/mol. The van der Waals surface area contributed by atoms with Crippen LogP contribution >= 0.6 is 0 Å². The Morgan fingerprint density at radius 1 is 1.56 bits per heavy atom. The van der Waals surface area contributed by atoms with E-state index in [9.17, 15) is 4.79 Å². The molecule has 5 heteroatoms. The smallest absolute Gasteiger partial charge is 0.274 e. The van der Waals surface area contributed by atoms with Crippen LogP contribution in [0.1, 0.15) is 36.2 Å². The third-order valence-electron chi connectivity index (χ3n) is 3.75. The largest absolute Gasteiger partial charge is 0.340 e. The van der Waals surface area contributed by atoms with Crippen LogP contribution in [0.25, 0.3) is 0 Å². The zero-order valence-electron chi connectivity index (χ0n) is 10.8. The van der Waals surface area contributed by atoms with E-state index in [2.05, 4.69) is 10.3 Å². The molecule has 1 aromatic rings. The Kier molecular flexibility index (Phi) is 3.07. The number of rotatable bonds is 4. The van der Waals surface area contributed by atoms with Gasteiger partial charge in [0.25, 0.3) is 5.91 Å². The molecule has 0 radical (unpaired) electrons. The van der Waals surface area contributed by atoms with Gasteiger partial charge in [0.2, 0.25) is 0 Å². The molecule has 3 rings (SSSR count). The molecule has 1 N–H and O–H groups in total. The van der Waals surface area contributed by atoms with Gasteiger partial charge < -0.3 is 14.8 Å². The highest BCUT2D eigenvalue weighted by molar-refractivity contribution is 5.92. The highest BCUT2D eigenvalue weighted by Gasteiger charge is 2.35. The average molecular weight is 248 g/mol. The Balaban J connectivity index is 1.70. The zero-order valence-corrected chi connectivity index (χ0v) is 10.8. The van der Waals surface area contributed by atoms with Crippen molar-refractivity contribution in [3.05, 3.63) is 18.2 Å². The molecular formula is C13H20N4O. The van der Waals surface area contributed by atoms with Gasteiger partial charge in [-0.25, -0.2) is 4.98 Å². The molecule has 98 valence electrons. The van der Waals surface area contributed by atoms with Crippen LogP contribution in [-0.2, 0) is 7.05 Å². The van der Waals surface area contributed by atoms with Gasteiger partial charge in [0.05, 0.1) is 6.33 Å². The lowest BCUT2D eigenvalue weighted by Crippen LogP contribution is -2.42. The van der Waals surface area contributed by atoms with Crippen molar-refractivity contribution in [1.29, 1.82) is 0 Å². The predicted molar refractivity (Wildman–Crippen MR) is 68.3 cm³/mol. The fourth-order valence-corrected chi connectivity index (χ4v) is 2.60. The summed E-state index contributed by atoms with van der Waals surface area (Å²) in [6.07, 6.45) is 8.18. The van der Waals surface area contributed by atoms with Crippen LogP contribution in [0.5, 0.6) is 0 Å². The highest BCUT2D eigenvalue weighted by atomic mass is 16.2. The molecule has 2 fully saturated rings. The lowest BCUT2D eigenvalue weighted by Gasteiger charge is -2.25. The Morgan fingerprint density at radius 2 is 2.39 bits per heavy atom. The Bertz CT molecular complexity index is 432. The van der Waals surface area contributed by atoms with E-state index in [1.807, 2.05) is 16.5 Å². The minimum absolute atomic E-state index is 0.0896. The lowest BCUT2D eigenvalue weighted by atomic mass is 10.2. The van der Waals surface area contributed by atoms with E-state index >= 15 is 0 Å². The van der Waals surface area contributed by atoms with Crippen LogP contribution in [-0.4, -0.2) is 45.5 Å². The molecule has 2 heterocycles. The standard InChI is InChI=1S/C13H20N4O/c1-16-8-12(15-9-16)13(18)17(11-4-5-11)7-10-3-2-6-14-10/h8-11,14H,2-7H2,1H3. The van der Waals surface area contributed by atoms with Crippen molar-refractivity contribution < 1.29 is 4.79 Å². The summed E-state index contributed by atoms with van der Waals surface area (Å²) in [4.78, 5) is 18.6. The van der Waals surface area contributed by atoms with Gasteiger partial charge in [-0.2, -0.15) is 0 Å². The summed E-state index contributed by atoms with van der Waals surface area (Å²) in [5, 5.41) is 3.46. The van der Waals surface area contributed by atoms with E-state index < -0.39 is 0 Å². The molecule has 1 amide bonds. The van der Waals surface area contributed by atoms with Crippen molar-refractivity contribution in [2.45, 2.75) is 37.8 Å². The van der Waals surface area contributed by atoms with Crippen LogP contribution in [0.2, 0.25) is 0 Å². The first-order valence-electron chi connectivity index (χ1n) is 6.76. The van der Waals surface area contributed by atoms with Gasteiger partial charge in [0.15, 0.2) is 0 Å². The number of aromatic nitrogens is 2. The van der Waals surface area contributed by atoms with Crippen molar-refractivity contribution in [3.63, 3.8) is 0 Å². The summed E-state index contributed by atoms with van der Waals surface area (Å²) >= 11 is 0. The molecule has 1 aliphatic heterocycles. The molecule has 1 saturated carbocycles. The number of carbonyl (C=O) groups is 1. The minimum Gasteiger partial charge on any atom is -0.340 e. The van der Waals surface area contributed by atoms with Gasteiger partial charge in [0.1, 0.15) is 5.69 Å². The second-order valence-corrected chi connectivity index (χ2v) is 5.41. The summed E-state index contributed by atoms with van der Waals surface area (Å²) in [6, 6.07) is 0.917.